The second kappa shape index (κ2) is 7.00. The standard InChI is InChI=1S/C17H12Cl2N4OS/c18-12-6-7-14(13(19)9-12)24-10-16-22-23-15(20-21-17(23)25-16)8-11-4-2-1-3-5-11/h1-7,9H,8,10H2. The smallest absolute Gasteiger partial charge is 0.234 e. The Kier molecular flexibility index (Phi) is 4.57. The molecule has 0 aliphatic rings. The molecule has 0 atom stereocenters. The maximum absolute atomic E-state index is 6.11. The molecule has 126 valence electrons. The molecule has 0 bridgehead atoms. The lowest BCUT2D eigenvalue weighted by atomic mass is 10.1. The van der Waals surface area contributed by atoms with E-state index < -0.39 is 0 Å². The molecule has 2 heterocycles. The second-order valence-electron chi connectivity index (χ2n) is 5.33. The number of hydrogen-bond acceptors (Lipinski definition) is 5. The molecule has 0 saturated carbocycles. The monoisotopic (exact) mass is 390 g/mol. The highest BCUT2D eigenvalue weighted by atomic mass is 35.5. The van der Waals surface area contributed by atoms with Gasteiger partial charge in [0.25, 0.3) is 0 Å². The van der Waals surface area contributed by atoms with Gasteiger partial charge in [0.2, 0.25) is 4.96 Å². The summed E-state index contributed by atoms with van der Waals surface area (Å²) in [5.74, 6) is 1.37. The van der Waals surface area contributed by atoms with Gasteiger partial charge in [-0.15, -0.1) is 10.2 Å². The van der Waals surface area contributed by atoms with Crippen LogP contribution in [0, 0.1) is 0 Å². The quantitative estimate of drug-likeness (QED) is 0.497. The van der Waals surface area contributed by atoms with Crippen LogP contribution >= 0.6 is 34.5 Å². The van der Waals surface area contributed by atoms with Gasteiger partial charge in [0.15, 0.2) is 10.8 Å². The molecular weight excluding hydrogens is 379 g/mol. The number of halogens is 2. The maximum Gasteiger partial charge on any atom is 0.234 e. The predicted molar refractivity (Wildman–Crippen MR) is 98.7 cm³/mol. The largest absolute Gasteiger partial charge is 0.485 e. The summed E-state index contributed by atoms with van der Waals surface area (Å²) in [6.07, 6.45) is 0.676. The molecule has 8 heteroatoms. The van der Waals surface area contributed by atoms with E-state index >= 15 is 0 Å². The van der Waals surface area contributed by atoms with E-state index in [0.29, 0.717) is 28.8 Å². The molecule has 5 nitrogen and oxygen atoms in total. The lowest BCUT2D eigenvalue weighted by Gasteiger charge is -2.05. The van der Waals surface area contributed by atoms with Gasteiger partial charge in [-0.1, -0.05) is 64.9 Å². The second-order valence-corrected chi connectivity index (χ2v) is 7.22. The topological polar surface area (TPSA) is 52.3 Å². The minimum Gasteiger partial charge on any atom is -0.485 e. The van der Waals surface area contributed by atoms with Crippen LogP contribution in [0.5, 0.6) is 5.75 Å². The number of ether oxygens (including phenoxy) is 1. The third-order valence-electron chi connectivity index (χ3n) is 3.55. The van der Waals surface area contributed by atoms with Crippen LogP contribution in [-0.2, 0) is 13.0 Å². The van der Waals surface area contributed by atoms with Crippen LogP contribution in [0.25, 0.3) is 4.96 Å². The van der Waals surface area contributed by atoms with Crippen molar-refractivity contribution in [2.24, 2.45) is 0 Å². The molecule has 2 aromatic heterocycles. The van der Waals surface area contributed by atoms with E-state index in [1.807, 2.05) is 18.2 Å². The molecule has 0 amide bonds. The highest BCUT2D eigenvalue weighted by molar-refractivity contribution is 7.16. The van der Waals surface area contributed by atoms with E-state index in [0.717, 1.165) is 21.4 Å². The molecule has 0 saturated heterocycles. The minimum absolute atomic E-state index is 0.306. The van der Waals surface area contributed by atoms with Crippen LogP contribution in [0.2, 0.25) is 10.0 Å². The summed E-state index contributed by atoms with van der Waals surface area (Å²) in [4.78, 5) is 0.742. The summed E-state index contributed by atoms with van der Waals surface area (Å²) >= 11 is 13.4. The molecule has 25 heavy (non-hydrogen) atoms. The zero-order valence-corrected chi connectivity index (χ0v) is 15.2. The first-order valence-corrected chi connectivity index (χ1v) is 9.08. The van der Waals surface area contributed by atoms with Crippen molar-refractivity contribution in [3.63, 3.8) is 0 Å². The zero-order valence-electron chi connectivity index (χ0n) is 12.9. The van der Waals surface area contributed by atoms with Crippen LogP contribution in [0.3, 0.4) is 0 Å². The van der Waals surface area contributed by atoms with Gasteiger partial charge < -0.3 is 4.74 Å². The SMILES string of the molecule is Clc1ccc(OCc2nn3c(Cc4ccccc4)nnc3s2)c(Cl)c1. The first-order chi connectivity index (χ1) is 12.2. The van der Waals surface area contributed by atoms with Crippen molar-refractivity contribution < 1.29 is 4.74 Å². The fraction of sp³-hybridized carbons (Fsp3) is 0.118. The molecule has 0 radical (unpaired) electrons. The molecular formula is C17H12Cl2N4OS. The van der Waals surface area contributed by atoms with Crippen molar-refractivity contribution in [3.05, 3.63) is 75.0 Å². The summed E-state index contributed by atoms with van der Waals surface area (Å²) in [7, 11) is 0. The average Bonchev–Trinajstić information content (AvgIpc) is 3.17. The van der Waals surface area contributed by atoms with Gasteiger partial charge in [-0.2, -0.15) is 9.61 Å². The molecule has 0 spiro atoms. The molecule has 4 rings (SSSR count). The molecule has 4 aromatic rings. The maximum atomic E-state index is 6.11. The highest BCUT2D eigenvalue weighted by Crippen LogP contribution is 2.28. The lowest BCUT2D eigenvalue weighted by molar-refractivity contribution is 0.304. The van der Waals surface area contributed by atoms with Crippen molar-refractivity contribution in [1.29, 1.82) is 0 Å². The molecule has 0 unspecified atom stereocenters. The molecule has 0 aliphatic carbocycles. The molecule has 0 fully saturated rings. The summed E-state index contributed by atoms with van der Waals surface area (Å²) < 4.78 is 7.49. The van der Waals surface area contributed by atoms with Crippen LogP contribution in [0.15, 0.2) is 48.5 Å². The first kappa shape index (κ1) is 16.3. The fourth-order valence-electron chi connectivity index (χ4n) is 2.38. The van der Waals surface area contributed by atoms with Crippen LogP contribution in [0.4, 0.5) is 0 Å². The Morgan fingerprint density at radius 3 is 2.68 bits per heavy atom. The van der Waals surface area contributed by atoms with E-state index in [2.05, 4.69) is 27.4 Å². The van der Waals surface area contributed by atoms with E-state index in [9.17, 15) is 0 Å². The van der Waals surface area contributed by atoms with Crippen molar-refractivity contribution in [2.75, 3.05) is 0 Å². The van der Waals surface area contributed by atoms with Gasteiger partial charge >= 0.3 is 0 Å². The van der Waals surface area contributed by atoms with Gasteiger partial charge in [-0.3, -0.25) is 0 Å². The van der Waals surface area contributed by atoms with Gasteiger partial charge in [0.1, 0.15) is 12.4 Å². The highest BCUT2D eigenvalue weighted by Gasteiger charge is 2.13. The minimum atomic E-state index is 0.306. The average molecular weight is 391 g/mol. The van der Waals surface area contributed by atoms with Crippen molar-refractivity contribution in [2.45, 2.75) is 13.0 Å². The summed E-state index contributed by atoms with van der Waals surface area (Å²) in [5, 5.41) is 14.8. The Morgan fingerprint density at radius 1 is 1.04 bits per heavy atom. The Hall–Kier alpha value is -2.15. The number of nitrogens with zero attached hydrogens (tertiary/aromatic N) is 4. The zero-order chi connectivity index (χ0) is 17.2. The van der Waals surface area contributed by atoms with E-state index in [-0.39, 0.29) is 0 Å². The third kappa shape index (κ3) is 3.61. The Bertz CT molecular complexity index is 1020. The van der Waals surface area contributed by atoms with Crippen molar-refractivity contribution >= 4 is 39.5 Å². The number of aromatic nitrogens is 4. The normalized spacial score (nSPS) is 11.1. The van der Waals surface area contributed by atoms with Crippen molar-refractivity contribution in [1.82, 2.24) is 19.8 Å². The van der Waals surface area contributed by atoms with E-state index in [4.69, 9.17) is 27.9 Å². The first-order valence-electron chi connectivity index (χ1n) is 7.51. The van der Waals surface area contributed by atoms with E-state index in [1.165, 1.54) is 11.3 Å². The van der Waals surface area contributed by atoms with Gasteiger partial charge in [-0.25, -0.2) is 0 Å². The fourth-order valence-corrected chi connectivity index (χ4v) is 3.60. The lowest BCUT2D eigenvalue weighted by Crippen LogP contribution is -2.00. The number of rotatable bonds is 5. The van der Waals surface area contributed by atoms with Crippen LogP contribution in [-0.4, -0.2) is 19.8 Å². The summed E-state index contributed by atoms with van der Waals surface area (Å²) in [6, 6.07) is 15.2. The Labute approximate surface area is 157 Å². The predicted octanol–water partition coefficient (Wildman–Crippen LogP) is 4.66. The van der Waals surface area contributed by atoms with Crippen LogP contribution in [0.1, 0.15) is 16.4 Å². The van der Waals surface area contributed by atoms with Crippen LogP contribution < -0.4 is 4.74 Å². The number of fused-ring (bicyclic) bond motifs is 1. The molecule has 2 aromatic carbocycles. The Balaban J connectivity index is 1.51. The number of hydrogen-bond donors (Lipinski definition) is 0. The van der Waals surface area contributed by atoms with Gasteiger partial charge in [0, 0.05) is 11.4 Å². The number of benzene rings is 2. The third-order valence-corrected chi connectivity index (χ3v) is 4.95. The van der Waals surface area contributed by atoms with Crippen molar-refractivity contribution in [3.8, 4) is 5.75 Å². The molecule has 0 N–H and O–H groups in total. The van der Waals surface area contributed by atoms with Gasteiger partial charge in [-0.05, 0) is 23.8 Å². The molecule has 0 aliphatic heterocycles. The summed E-state index contributed by atoms with van der Waals surface area (Å²) in [6.45, 7) is 0.306. The summed E-state index contributed by atoms with van der Waals surface area (Å²) in [5.41, 5.74) is 1.16. The Morgan fingerprint density at radius 2 is 1.88 bits per heavy atom. The van der Waals surface area contributed by atoms with E-state index in [1.54, 1.807) is 22.7 Å². The van der Waals surface area contributed by atoms with Gasteiger partial charge in [0.05, 0.1) is 5.02 Å².